The van der Waals surface area contributed by atoms with Gasteiger partial charge in [-0.3, -0.25) is 0 Å². The SMILES string of the molecule is Cc1cc(F)cc(C(O)C(O)CNC(=O)OCc2ccccc2)c1. The van der Waals surface area contributed by atoms with Crippen molar-refractivity contribution in [2.45, 2.75) is 25.7 Å². The van der Waals surface area contributed by atoms with E-state index < -0.39 is 24.1 Å². The Bertz CT molecular complexity index is 658. The Morgan fingerprint density at radius 3 is 2.58 bits per heavy atom. The van der Waals surface area contributed by atoms with Crippen molar-refractivity contribution in [3.05, 3.63) is 71.0 Å². The van der Waals surface area contributed by atoms with E-state index in [2.05, 4.69) is 5.32 Å². The summed E-state index contributed by atoms with van der Waals surface area (Å²) in [5.74, 6) is -0.494. The highest BCUT2D eigenvalue weighted by atomic mass is 19.1. The van der Waals surface area contributed by atoms with E-state index in [0.717, 1.165) is 11.6 Å². The third-order valence-corrected chi connectivity index (χ3v) is 3.44. The van der Waals surface area contributed by atoms with E-state index in [4.69, 9.17) is 4.74 Å². The molecule has 0 saturated heterocycles. The average Bonchev–Trinajstić information content (AvgIpc) is 2.57. The van der Waals surface area contributed by atoms with E-state index in [1.54, 1.807) is 13.0 Å². The highest BCUT2D eigenvalue weighted by molar-refractivity contribution is 5.67. The number of aryl methyl sites for hydroxylation is 1. The van der Waals surface area contributed by atoms with Crippen LogP contribution in [0.25, 0.3) is 0 Å². The van der Waals surface area contributed by atoms with Gasteiger partial charge in [-0.05, 0) is 35.7 Å². The van der Waals surface area contributed by atoms with Gasteiger partial charge in [-0.2, -0.15) is 0 Å². The highest BCUT2D eigenvalue weighted by Gasteiger charge is 2.20. The zero-order chi connectivity index (χ0) is 17.5. The van der Waals surface area contributed by atoms with E-state index in [0.29, 0.717) is 5.56 Å². The van der Waals surface area contributed by atoms with Crippen molar-refractivity contribution in [2.75, 3.05) is 6.54 Å². The number of halogens is 1. The second-order valence-corrected chi connectivity index (χ2v) is 5.52. The Morgan fingerprint density at radius 2 is 1.92 bits per heavy atom. The first-order valence-electron chi connectivity index (χ1n) is 7.53. The summed E-state index contributed by atoms with van der Waals surface area (Å²) in [5.41, 5.74) is 1.72. The summed E-state index contributed by atoms with van der Waals surface area (Å²) < 4.78 is 18.3. The lowest BCUT2D eigenvalue weighted by Gasteiger charge is -2.19. The van der Waals surface area contributed by atoms with Gasteiger partial charge >= 0.3 is 6.09 Å². The summed E-state index contributed by atoms with van der Waals surface area (Å²) in [5, 5.41) is 22.4. The number of aliphatic hydroxyl groups is 2. The van der Waals surface area contributed by atoms with Crippen LogP contribution in [0.3, 0.4) is 0 Å². The molecule has 0 aliphatic heterocycles. The van der Waals surface area contributed by atoms with Crippen LogP contribution in [0.15, 0.2) is 48.5 Å². The average molecular weight is 333 g/mol. The number of nitrogens with one attached hydrogen (secondary N) is 1. The molecule has 24 heavy (non-hydrogen) atoms. The van der Waals surface area contributed by atoms with Gasteiger partial charge in [0.15, 0.2) is 0 Å². The van der Waals surface area contributed by atoms with Crippen LogP contribution in [-0.4, -0.2) is 29.0 Å². The molecule has 128 valence electrons. The maximum absolute atomic E-state index is 13.3. The molecular formula is C18H20FNO4. The molecule has 2 atom stereocenters. The van der Waals surface area contributed by atoms with Crippen LogP contribution >= 0.6 is 0 Å². The molecule has 6 heteroatoms. The molecular weight excluding hydrogens is 313 g/mol. The van der Waals surface area contributed by atoms with E-state index in [-0.39, 0.29) is 18.7 Å². The molecule has 1 amide bonds. The Kier molecular flexibility index (Phi) is 6.28. The van der Waals surface area contributed by atoms with E-state index in [9.17, 15) is 19.4 Å². The molecule has 0 aromatic heterocycles. The van der Waals surface area contributed by atoms with Gasteiger partial charge < -0.3 is 20.3 Å². The molecule has 0 saturated carbocycles. The summed E-state index contributed by atoms with van der Waals surface area (Å²) >= 11 is 0. The molecule has 0 radical (unpaired) electrons. The van der Waals surface area contributed by atoms with Crippen molar-refractivity contribution >= 4 is 6.09 Å². The van der Waals surface area contributed by atoms with Crippen molar-refractivity contribution in [3.63, 3.8) is 0 Å². The number of aliphatic hydroxyl groups excluding tert-OH is 2. The van der Waals surface area contributed by atoms with Crippen molar-refractivity contribution in [2.24, 2.45) is 0 Å². The Hall–Kier alpha value is -2.44. The number of carbonyl (C=O) groups is 1. The summed E-state index contributed by atoms with van der Waals surface area (Å²) in [6.45, 7) is 1.57. The predicted molar refractivity (Wildman–Crippen MR) is 86.7 cm³/mol. The molecule has 5 nitrogen and oxygen atoms in total. The fourth-order valence-electron chi connectivity index (χ4n) is 2.23. The minimum atomic E-state index is -1.31. The highest BCUT2D eigenvalue weighted by Crippen LogP contribution is 2.19. The standard InChI is InChI=1S/C18H20FNO4/c1-12-7-14(9-15(19)8-12)17(22)16(21)10-20-18(23)24-11-13-5-3-2-4-6-13/h2-9,16-17,21-22H,10-11H2,1H3,(H,20,23). The van der Waals surface area contributed by atoms with E-state index in [1.807, 2.05) is 30.3 Å². The van der Waals surface area contributed by atoms with Crippen molar-refractivity contribution in [3.8, 4) is 0 Å². The van der Waals surface area contributed by atoms with Crippen molar-refractivity contribution < 1.29 is 24.1 Å². The van der Waals surface area contributed by atoms with Gasteiger partial charge in [0.2, 0.25) is 0 Å². The van der Waals surface area contributed by atoms with Crippen LogP contribution < -0.4 is 5.32 Å². The molecule has 3 N–H and O–H groups in total. The van der Waals surface area contributed by atoms with Gasteiger partial charge in [0, 0.05) is 6.54 Å². The van der Waals surface area contributed by atoms with Gasteiger partial charge in [-0.25, -0.2) is 9.18 Å². The summed E-state index contributed by atoms with van der Waals surface area (Å²) in [6, 6.07) is 13.2. The van der Waals surface area contributed by atoms with Crippen LogP contribution in [0.1, 0.15) is 22.8 Å². The first-order chi connectivity index (χ1) is 11.5. The quantitative estimate of drug-likeness (QED) is 0.759. The first-order valence-corrected chi connectivity index (χ1v) is 7.53. The fraction of sp³-hybridized carbons (Fsp3) is 0.278. The lowest BCUT2D eigenvalue weighted by molar-refractivity contribution is 0.0182. The molecule has 0 aliphatic carbocycles. The van der Waals surface area contributed by atoms with Gasteiger partial charge in [-0.15, -0.1) is 0 Å². The molecule has 2 aromatic rings. The second kappa shape index (κ2) is 8.42. The maximum Gasteiger partial charge on any atom is 0.407 e. The van der Waals surface area contributed by atoms with E-state index in [1.165, 1.54) is 6.07 Å². The van der Waals surface area contributed by atoms with Gasteiger partial charge in [0.25, 0.3) is 0 Å². The molecule has 0 heterocycles. The van der Waals surface area contributed by atoms with Crippen LogP contribution in [0.5, 0.6) is 0 Å². The lowest BCUT2D eigenvalue weighted by atomic mass is 10.0. The van der Waals surface area contributed by atoms with Gasteiger partial charge in [0.1, 0.15) is 24.6 Å². The van der Waals surface area contributed by atoms with Crippen molar-refractivity contribution in [1.82, 2.24) is 5.32 Å². The first kappa shape index (κ1) is 17.9. The van der Waals surface area contributed by atoms with E-state index >= 15 is 0 Å². The van der Waals surface area contributed by atoms with Crippen LogP contribution in [0, 0.1) is 12.7 Å². The number of hydrogen-bond donors (Lipinski definition) is 3. The minimum absolute atomic E-state index is 0.106. The Morgan fingerprint density at radius 1 is 1.21 bits per heavy atom. The van der Waals surface area contributed by atoms with Gasteiger partial charge in [0.05, 0.1) is 0 Å². The number of hydrogen-bond acceptors (Lipinski definition) is 4. The third-order valence-electron chi connectivity index (χ3n) is 3.44. The Labute approximate surface area is 139 Å². The van der Waals surface area contributed by atoms with Crippen LogP contribution in [0.4, 0.5) is 9.18 Å². The minimum Gasteiger partial charge on any atom is -0.445 e. The Balaban J connectivity index is 1.81. The molecule has 0 aliphatic rings. The second-order valence-electron chi connectivity index (χ2n) is 5.52. The number of alkyl carbamates (subject to hydrolysis) is 1. The molecule has 2 rings (SSSR count). The number of amides is 1. The zero-order valence-electron chi connectivity index (χ0n) is 13.3. The summed E-state index contributed by atoms with van der Waals surface area (Å²) in [6.07, 6.45) is -3.30. The molecule has 2 aromatic carbocycles. The smallest absolute Gasteiger partial charge is 0.407 e. The van der Waals surface area contributed by atoms with Crippen LogP contribution in [0.2, 0.25) is 0 Å². The lowest BCUT2D eigenvalue weighted by Crippen LogP contribution is -2.35. The number of rotatable bonds is 6. The van der Waals surface area contributed by atoms with Crippen LogP contribution in [-0.2, 0) is 11.3 Å². The summed E-state index contributed by atoms with van der Waals surface area (Å²) in [7, 11) is 0. The maximum atomic E-state index is 13.3. The fourth-order valence-corrected chi connectivity index (χ4v) is 2.23. The van der Waals surface area contributed by atoms with Crippen molar-refractivity contribution in [1.29, 1.82) is 0 Å². The number of ether oxygens (including phenoxy) is 1. The largest absolute Gasteiger partial charge is 0.445 e. The molecule has 2 unspecified atom stereocenters. The number of carbonyl (C=O) groups excluding carboxylic acids is 1. The molecule has 0 spiro atoms. The predicted octanol–water partition coefficient (Wildman–Crippen LogP) is 2.45. The van der Waals surface area contributed by atoms with Gasteiger partial charge in [-0.1, -0.05) is 36.4 Å². The molecule has 0 bridgehead atoms. The normalized spacial score (nSPS) is 13.2. The topological polar surface area (TPSA) is 78.8 Å². The third kappa shape index (κ3) is 5.33. The summed E-state index contributed by atoms with van der Waals surface area (Å²) in [4.78, 5) is 11.6. The molecule has 0 fully saturated rings. The monoisotopic (exact) mass is 333 g/mol. The number of benzene rings is 2. The zero-order valence-corrected chi connectivity index (χ0v) is 13.3.